The van der Waals surface area contributed by atoms with E-state index in [4.69, 9.17) is 9.47 Å². The van der Waals surface area contributed by atoms with Crippen molar-refractivity contribution in [3.8, 4) is 11.5 Å². The molecule has 1 aliphatic rings. The van der Waals surface area contributed by atoms with Crippen LogP contribution in [0.2, 0.25) is 0 Å². The summed E-state index contributed by atoms with van der Waals surface area (Å²) in [4.78, 5) is 22.3. The van der Waals surface area contributed by atoms with E-state index in [9.17, 15) is 4.79 Å². The molecule has 1 aromatic heterocycles. The Balaban J connectivity index is 1.59. The van der Waals surface area contributed by atoms with Gasteiger partial charge in [-0.3, -0.25) is 4.79 Å². The van der Waals surface area contributed by atoms with Crippen molar-refractivity contribution in [1.29, 1.82) is 0 Å². The van der Waals surface area contributed by atoms with Gasteiger partial charge >= 0.3 is 0 Å². The predicted molar refractivity (Wildman–Crippen MR) is 79.6 cm³/mol. The molecule has 1 amide bonds. The largest absolute Gasteiger partial charge is 0.497 e. The molecule has 0 aliphatic carbocycles. The average Bonchev–Trinajstić information content (AvgIpc) is 2.59. The van der Waals surface area contributed by atoms with Gasteiger partial charge in [-0.2, -0.15) is 0 Å². The lowest BCUT2D eigenvalue weighted by molar-refractivity contribution is -0.134. The zero-order valence-corrected chi connectivity index (χ0v) is 12.4. The van der Waals surface area contributed by atoms with Crippen LogP contribution in [0, 0.1) is 0 Å². The molecule has 0 atom stereocenters. The third kappa shape index (κ3) is 3.16. The lowest BCUT2D eigenvalue weighted by Gasteiger charge is -2.27. The summed E-state index contributed by atoms with van der Waals surface area (Å²) in [6.07, 6.45) is 4.07. The first-order valence-electron chi connectivity index (χ1n) is 7.08. The highest BCUT2D eigenvalue weighted by Gasteiger charge is 2.21. The van der Waals surface area contributed by atoms with Crippen LogP contribution in [0.3, 0.4) is 0 Å². The van der Waals surface area contributed by atoms with E-state index in [1.807, 2.05) is 12.1 Å². The Kier molecular flexibility index (Phi) is 4.18. The van der Waals surface area contributed by atoms with Crippen molar-refractivity contribution in [3.05, 3.63) is 48.0 Å². The van der Waals surface area contributed by atoms with Crippen LogP contribution in [0.1, 0.15) is 11.3 Å². The van der Waals surface area contributed by atoms with E-state index in [0.29, 0.717) is 24.6 Å². The van der Waals surface area contributed by atoms with Gasteiger partial charge in [-0.1, -0.05) is 6.07 Å². The van der Waals surface area contributed by atoms with E-state index in [0.717, 1.165) is 17.7 Å². The van der Waals surface area contributed by atoms with E-state index in [-0.39, 0.29) is 12.5 Å². The summed E-state index contributed by atoms with van der Waals surface area (Å²) in [5.74, 6) is 1.28. The lowest BCUT2D eigenvalue weighted by Crippen LogP contribution is -2.39. The van der Waals surface area contributed by atoms with Gasteiger partial charge in [-0.05, 0) is 12.1 Å². The molecule has 114 valence electrons. The first-order chi connectivity index (χ1) is 10.8. The second-order valence-electron chi connectivity index (χ2n) is 5.03. The third-order valence-corrected chi connectivity index (χ3v) is 3.62. The number of rotatable bonds is 4. The molecule has 22 heavy (non-hydrogen) atoms. The van der Waals surface area contributed by atoms with E-state index < -0.39 is 0 Å². The average molecular weight is 299 g/mol. The molecule has 1 aromatic carbocycles. The van der Waals surface area contributed by atoms with E-state index in [1.165, 1.54) is 0 Å². The van der Waals surface area contributed by atoms with Crippen molar-refractivity contribution in [2.24, 2.45) is 0 Å². The number of carbonyl (C=O) groups is 1. The Morgan fingerprint density at radius 1 is 1.36 bits per heavy atom. The van der Waals surface area contributed by atoms with Crippen LogP contribution in [-0.2, 0) is 17.8 Å². The number of benzene rings is 1. The summed E-state index contributed by atoms with van der Waals surface area (Å²) in [7, 11) is 1.59. The van der Waals surface area contributed by atoms with Crippen LogP contribution in [0.5, 0.6) is 11.5 Å². The SMILES string of the molecule is COc1cccc(OCC(=O)N2CCc3ncncc3C2)c1. The number of fused-ring (bicyclic) bond motifs is 1. The minimum atomic E-state index is -0.0441. The summed E-state index contributed by atoms with van der Waals surface area (Å²) >= 11 is 0. The Hall–Kier alpha value is -2.63. The Labute approximate surface area is 128 Å². The van der Waals surface area contributed by atoms with E-state index >= 15 is 0 Å². The van der Waals surface area contributed by atoms with Crippen molar-refractivity contribution in [2.45, 2.75) is 13.0 Å². The molecule has 6 nitrogen and oxygen atoms in total. The van der Waals surface area contributed by atoms with Gasteiger partial charge < -0.3 is 14.4 Å². The molecule has 6 heteroatoms. The minimum absolute atomic E-state index is 0.0101. The molecule has 0 bridgehead atoms. The molecule has 1 aliphatic heterocycles. The summed E-state index contributed by atoms with van der Waals surface area (Å²) < 4.78 is 10.7. The van der Waals surface area contributed by atoms with Crippen LogP contribution in [0.4, 0.5) is 0 Å². The first kappa shape index (κ1) is 14.3. The third-order valence-electron chi connectivity index (χ3n) is 3.62. The number of aromatic nitrogens is 2. The van der Waals surface area contributed by atoms with Crippen LogP contribution in [0.25, 0.3) is 0 Å². The van der Waals surface area contributed by atoms with Gasteiger partial charge in [0, 0.05) is 37.3 Å². The van der Waals surface area contributed by atoms with Crippen molar-refractivity contribution >= 4 is 5.91 Å². The highest BCUT2D eigenvalue weighted by Crippen LogP contribution is 2.19. The second-order valence-corrected chi connectivity index (χ2v) is 5.03. The zero-order chi connectivity index (χ0) is 15.4. The fourth-order valence-corrected chi connectivity index (χ4v) is 2.41. The van der Waals surface area contributed by atoms with Crippen molar-refractivity contribution < 1.29 is 14.3 Å². The van der Waals surface area contributed by atoms with Gasteiger partial charge in [0.1, 0.15) is 17.8 Å². The van der Waals surface area contributed by atoms with Crippen LogP contribution in [-0.4, -0.2) is 41.0 Å². The molecule has 0 N–H and O–H groups in total. The molecular formula is C16H17N3O3. The summed E-state index contributed by atoms with van der Waals surface area (Å²) in [5, 5.41) is 0. The van der Waals surface area contributed by atoms with Crippen molar-refractivity contribution in [3.63, 3.8) is 0 Å². The molecule has 2 heterocycles. The van der Waals surface area contributed by atoms with E-state index in [1.54, 1.807) is 36.7 Å². The van der Waals surface area contributed by atoms with Crippen molar-refractivity contribution in [2.75, 3.05) is 20.3 Å². The topological polar surface area (TPSA) is 64.6 Å². The van der Waals surface area contributed by atoms with Crippen LogP contribution >= 0.6 is 0 Å². The smallest absolute Gasteiger partial charge is 0.260 e. The number of ether oxygens (including phenoxy) is 2. The monoisotopic (exact) mass is 299 g/mol. The number of methoxy groups -OCH3 is 1. The van der Waals surface area contributed by atoms with Gasteiger partial charge in [0.05, 0.1) is 12.8 Å². The van der Waals surface area contributed by atoms with Gasteiger partial charge in [-0.25, -0.2) is 9.97 Å². The lowest BCUT2D eigenvalue weighted by atomic mass is 10.1. The highest BCUT2D eigenvalue weighted by atomic mass is 16.5. The van der Waals surface area contributed by atoms with Gasteiger partial charge in [0.15, 0.2) is 6.61 Å². The summed E-state index contributed by atoms with van der Waals surface area (Å²) in [6, 6.07) is 7.21. The number of carbonyl (C=O) groups excluding carboxylic acids is 1. The minimum Gasteiger partial charge on any atom is -0.497 e. The number of hydrogen-bond donors (Lipinski definition) is 0. The standard InChI is InChI=1S/C16H17N3O3/c1-21-13-3-2-4-14(7-13)22-10-16(20)19-6-5-15-12(9-19)8-17-11-18-15/h2-4,7-8,11H,5-6,9-10H2,1H3. The van der Waals surface area contributed by atoms with Gasteiger partial charge in [0.2, 0.25) is 0 Å². The number of hydrogen-bond acceptors (Lipinski definition) is 5. The van der Waals surface area contributed by atoms with E-state index in [2.05, 4.69) is 9.97 Å². The summed E-state index contributed by atoms with van der Waals surface area (Å²) in [6.45, 7) is 1.21. The van der Waals surface area contributed by atoms with Gasteiger partial charge in [0.25, 0.3) is 5.91 Å². The molecular weight excluding hydrogens is 282 g/mol. The molecule has 0 unspecified atom stereocenters. The van der Waals surface area contributed by atoms with Crippen molar-refractivity contribution in [1.82, 2.24) is 14.9 Å². The number of nitrogens with zero attached hydrogens (tertiary/aromatic N) is 3. The normalized spacial score (nSPS) is 13.4. The molecule has 0 saturated heterocycles. The first-order valence-corrected chi connectivity index (χ1v) is 7.08. The zero-order valence-electron chi connectivity index (χ0n) is 12.4. The predicted octanol–water partition coefficient (Wildman–Crippen LogP) is 1.45. The second kappa shape index (κ2) is 6.43. The fourth-order valence-electron chi connectivity index (χ4n) is 2.41. The maximum Gasteiger partial charge on any atom is 0.260 e. The Morgan fingerprint density at radius 3 is 3.09 bits per heavy atom. The number of amides is 1. The van der Waals surface area contributed by atoms with Crippen LogP contribution in [0.15, 0.2) is 36.8 Å². The quantitative estimate of drug-likeness (QED) is 0.855. The highest BCUT2D eigenvalue weighted by molar-refractivity contribution is 5.78. The Bertz CT molecular complexity index is 675. The maximum atomic E-state index is 12.3. The summed E-state index contributed by atoms with van der Waals surface area (Å²) in [5.41, 5.74) is 2.02. The molecule has 0 fully saturated rings. The molecule has 2 aromatic rings. The molecule has 0 saturated carbocycles. The molecule has 0 radical (unpaired) electrons. The molecule has 0 spiro atoms. The maximum absolute atomic E-state index is 12.3. The van der Waals surface area contributed by atoms with Crippen LogP contribution < -0.4 is 9.47 Å². The Morgan fingerprint density at radius 2 is 2.23 bits per heavy atom. The molecule has 3 rings (SSSR count). The van der Waals surface area contributed by atoms with Gasteiger partial charge in [-0.15, -0.1) is 0 Å². The fraction of sp³-hybridized carbons (Fsp3) is 0.312.